The smallest absolute Gasteiger partial charge is 0.0979 e. The number of aromatic nitrogens is 4. The van der Waals surface area contributed by atoms with Gasteiger partial charge in [0.05, 0.1) is 50.7 Å². The minimum absolute atomic E-state index is 0.853. The van der Waals surface area contributed by atoms with Crippen molar-refractivity contribution in [3.8, 4) is 22.6 Å². The Labute approximate surface area is 309 Å². The van der Waals surface area contributed by atoms with E-state index in [1.54, 1.807) is 0 Å². The molecule has 0 unspecified atom stereocenters. The lowest BCUT2D eigenvalue weighted by molar-refractivity contribution is 1.18. The molecule has 12 rings (SSSR count). The van der Waals surface area contributed by atoms with Crippen molar-refractivity contribution in [3.05, 3.63) is 182 Å². The van der Waals surface area contributed by atoms with Crippen LogP contribution in [-0.2, 0) is 0 Å². The van der Waals surface area contributed by atoms with Crippen LogP contribution in [0.2, 0.25) is 0 Å². The maximum atomic E-state index is 5.32. The molecule has 0 aliphatic carbocycles. The Kier molecular flexibility index (Phi) is 6.02. The van der Waals surface area contributed by atoms with Gasteiger partial charge in [-0.15, -0.1) is 0 Å². The zero-order valence-corrected chi connectivity index (χ0v) is 29.1. The van der Waals surface area contributed by atoms with Crippen molar-refractivity contribution < 1.29 is 0 Å². The van der Waals surface area contributed by atoms with E-state index in [1.165, 1.54) is 70.8 Å². The summed E-state index contributed by atoms with van der Waals surface area (Å²) in [5.41, 5.74) is 10.7. The third-order valence-corrected chi connectivity index (χ3v) is 11.3. The normalized spacial score (nSPS) is 12.1. The van der Waals surface area contributed by atoms with Crippen LogP contribution in [0.5, 0.6) is 0 Å². The van der Waals surface area contributed by atoms with Crippen LogP contribution in [0.1, 0.15) is 0 Å². The Morgan fingerprint density at radius 1 is 0.352 bits per heavy atom. The Morgan fingerprint density at radius 2 is 0.889 bits per heavy atom. The van der Waals surface area contributed by atoms with E-state index in [-0.39, 0.29) is 0 Å². The van der Waals surface area contributed by atoms with Crippen LogP contribution in [0.15, 0.2) is 182 Å². The summed E-state index contributed by atoms with van der Waals surface area (Å²) in [6.07, 6.45) is 1.93. The molecule has 0 atom stereocenters. The molecule has 0 saturated carbocycles. The molecule has 0 amide bonds. The average Bonchev–Trinajstić information content (AvgIpc) is 3.74. The van der Waals surface area contributed by atoms with Gasteiger partial charge in [0.15, 0.2) is 0 Å². The van der Waals surface area contributed by atoms with Crippen LogP contribution >= 0.6 is 0 Å². The molecule has 4 heteroatoms. The van der Waals surface area contributed by atoms with Gasteiger partial charge in [0.25, 0.3) is 0 Å². The van der Waals surface area contributed by atoms with Crippen LogP contribution in [-0.4, -0.2) is 19.1 Å². The first kappa shape index (κ1) is 29.3. The predicted molar refractivity (Wildman–Crippen MR) is 226 cm³/mol. The van der Waals surface area contributed by atoms with E-state index >= 15 is 0 Å². The summed E-state index contributed by atoms with van der Waals surface area (Å²) in [5.74, 6) is 0. The first-order valence-electron chi connectivity index (χ1n) is 18.4. The summed E-state index contributed by atoms with van der Waals surface area (Å²) in [7, 11) is 0. The highest BCUT2D eigenvalue weighted by Gasteiger charge is 2.20. The maximum Gasteiger partial charge on any atom is 0.0979 e. The predicted octanol–water partition coefficient (Wildman–Crippen LogP) is 13.0. The molecule has 0 fully saturated rings. The lowest BCUT2D eigenvalue weighted by Gasteiger charge is -2.13. The number of rotatable bonds is 3. The molecule has 0 aliphatic heterocycles. The highest BCUT2D eigenvalue weighted by atomic mass is 15.0. The van der Waals surface area contributed by atoms with Gasteiger partial charge in [-0.05, 0) is 58.6 Å². The van der Waals surface area contributed by atoms with Gasteiger partial charge in [-0.1, -0.05) is 133 Å². The Bertz CT molecular complexity index is 3470. The summed E-state index contributed by atoms with van der Waals surface area (Å²) in [6, 6.07) is 63.4. The summed E-state index contributed by atoms with van der Waals surface area (Å²) >= 11 is 0. The summed E-state index contributed by atoms with van der Waals surface area (Å²) in [4.78, 5) is 10.4. The number of hydrogen-bond donors (Lipinski definition) is 0. The van der Waals surface area contributed by atoms with E-state index in [0.717, 1.165) is 38.8 Å². The highest BCUT2D eigenvalue weighted by Crippen LogP contribution is 2.41. The molecule has 3 heterocycles. The fourth-order valence-corrected chi connectivity index (χ4v) is 8.94. The van der Waals surface area contributed by atoms with E-state index in [0.29, 0.717) is 0 Å². The van der Waals surface area contributed by atoms with Gasteiger partial charge < -0.3 is 9.13 Å². The second-order valence-corrected chi connectivity index (χ2v) is 14.2. The van der Waals surface area contributed by atoms with Crippen molar-refractivity contribution in [1.82, 2.24) is 19.1 Å². The topological polar surface area (TPSA) is 35.6 Å². The van der Waals surface area contributed by atoms with E-state index in [1.807, 2.05) is 6.20 Å². The second-order valence-electron chi connectivity index (χ2n) is 14.2. The minimum Gasteiger partial charge on any atom is -0.309 e. The molecule has 9 aromatic carbocycles. The fourth-order valence-electron chi connectivity index (χ4n) is 8.94. The van der Waals surface area contributed by atoms with Crippen LogP contribution in [0.25, 0.3) is 110 Å². The fraction of sp³-hybridized carbons (Fsp3) is 0. The highest BCUT2D eigenvalue weighted by molar-refractivity contribution is 6.23. The van der Waals surface area contributed by atoms with E-state index in [9.17, 15) is 0 Å². The molecule has 0 radical (unpaired) electrons. The molecule has 54 heavy (non-hydrogen) atoms. The van der Waals surface area contributed by atoms with Crippen molar-refractivity contribution in [2.24, 2.45) is 0 Å². The van der Waals surface area contributed by atoms with Gasteiger partial charge in [-0.2, -0.15) is 0 Å². The molecule has 4 nitrogen and oxygen atoms in total. The zero-order valence-electron chi connectivity index (χ0n) is 29.1. The molecule has 0 spiro atoms. The standard InChI is InChI=1S/C50H30N4/c1-2-17-34-31(13-1)14-12-26-44(34)54-46-25-10-8-21-38(46)42-28-47-41(29-48(42)54)37-20-7-9-24-45(37)53(47)33-16-11-15-32(27-33)43-30-51-49-39-22-5-3-18-35(39)36-19-4-6-23-40(36)50(49)52-43/h1-30H. The van der Waals surface area contributed by atoms with Crippen molar-refractivity contribution in [2.75, 3.05) is 0 Å². The summed E-state index contributed by atoms with van der Waals surface area (Å²) in [5, 5.41) is 12.0. The number of hydrogen-bond acceptors (Lipinski definition) is 2. The Balaban J connectivity index is 1.10. The van der Waals surface area contributed by atoms with E-state index < -0.39 is 0 Å². The van der Waals surface area contributed by atoms with Crippen molar-refractivity contribution in [3.63, 3.8) is 0 Å². The van der Waals surface area contributed by atoms with Gasteiger partial charge >= 0.3 is 0 Å². The monoisotopic (exact) mass is 686 g/mol. The van der Waals surface area contributed by atoms with Gasteiger partial charge in [0, 0.05) is 49.0 Å². The van der Waals surface area contributed by atoms with Crippen molar-refractivity contribution in [2.45, 2.75) is 0 Å². The summed E-state index contributed by atoms with van der Waals surface area (Å²) in [6.45, 7) is 0. The number of fused-ring (bicyclic) bond motifs is 13. The number of nitrogens with zero attached hydrogens (tertiary/aromatic N) is 4. The first-order chi connectivity index (χ1) is 26.8. The van der Waals surface area contributed by atoms with Gasteiger partial charge in [0.2, 0.25) is 0 Å². The van der Waals surface area contributed by atoms with Crippen LogP contribution in [0, 0.1) is 0 Å². The molecule has 0 bridgehead atoms. The van der Waals surface area contributed by atoms with Crippen LogP contribution in [0.3, 0.4) is 0 Å². The van der Waals surface area contributed by atoms with E-state index in [4.69, 9.17) is 9.97 Å². The lowest BCUT2D eigenvalue weighted by atomic mass is 9.99. The van der Waals surface area contributed by atoms with Gasteiger partial charge in [-0.3, -0.25) is 4.98 Å². The Morgan fingerprint density at radius 3 is 1.61 bits per heavy atom. The quantitative estimate of drug-likeness (QED) is 0.173. The molecular weight excluding hydrogens is 657 g/mol. The molecule has 0 N–H and O–H groups in total. The lowest BCUT2D eigenvalue weighted by Crippen LogP contribution is -1.96. The first-order valence-corrected chi connectivity index (χ1v) is 18.4. The van der Waals surface area contributed by atoms with Crippen molar-refractivity contribution >= 4 is 87.0 Å². The van der Waals surface area contributed by atoms with Gasteiger partial charge in [0.1, 0.15) is 0 Å². The summed E-state index contributed by atoms with van der Waals surface area (Å²) < 4.78 is 4.86. The Hall–Kier alpha value is -7.30. The van der Waals surface area contributed by atoms with Crippen LogP contribution in [0.4, 0.5) is 0 Å². The van der Waals surface area contributed by atoms with Gasteiger partial charge in [-0.25, -0.2) is 4.98 Å². The largest absolute Gasteiger partial charge is 0.309 e. The zero-order chi connectivity index (χ0) is 35.3. The molecule has 250 valence electrons. The third-order valence-electron chi connectivity index (χ3n) is 11.3. The number of benzene rings is 9. The molecule has 12 aromatic rings. The maximum absolute atomic E-state index is 5.32. The average molecular weight is 687 g/mol. The van der Waals surface area contributed by atoms with Crippen LogP contribution < -0.4 is 0 Å². The molecule has 0 saturated heterocycles. The third kappa shape index (κ3) is 4.08. The van der Waals surface area contributed by atoms with Crippen molar-refractivity contribution in [1.29, 1.82) is 0 Å². The minimum atomic E-state index is 0.853. The molecule has 3 aromatic heterocycles. The SMILES string of the molecule is c1cc(-c2cnc3c4ccccc4c4ccccc4c3n2)cc(-n2c3ccccc3c3cc4c(cc32)c2ccccc2n4-c2cccc3ccccc23)c1. The molecular formula is C50H30N4. The number of para-hydroxylation sites is 2. The van der Waals surface area contributed by atoms with E-state index in [2.05, 4.69) is 185 Å². The molecule has 0 aliphatic rings. The second kappa shape index (κ2) is 11.1.